The molecule has 0 bridgehead atoms. The second-order valence-corrected chi connectivity index (χ2v) is 4.76. The number of hydrogen-bond donors (Lipinski definition) is 0. The lowest BCUT2D eigenvalue weighted by Crippen LogP contribution is -2.30. The van der Waals surface area contributed by atoms with Crippen LogP contribution in [0.3, 0.4) is 0 Å². The Balaban J connectivity index is 2.29. The highest BCUT2D eigenvalue weighted by molar-refractivity contribution is 7.41. The van der Waals surface area contributed by atoms with E-state index in [0.717, 1.165) is 17.2 Å². The van der Waals surface area contributed by atoms with E-state index >= 15 is 0 Å². The van der Waals surface area contributed by atoms with Gasteiger partial charge in [0.05, 0.1) is 0 Å². The second-order valence-electron chi connectivity index (χ2n) is 2.60. The maximum Gasteiger partial charge on any atom is -0.0231 e. The SMILES string of the molecule is CC1PC(C)C1C. The molecule has 42 valence electrons. The van der Waals surface area contributed by atoms with E-state index in [1.165, 1.54) is 8.58 Å². The average Bonchev–Trinajstić information content (AvgIpc) is 1.68. The monoisotopic (exact) mass is 116 g/mol. The standard InChI is InChI=1S/C6H13P/c1-4-5(2)7-6(4)3/h4-7H,1-3H3. The van der Waals surface area contributed by atoms with Gasteiger partial charge >= 0.3 is 0 Å². The summed E-state index contributed by atoms with van der Waals surface area (Å²) >= 11 is 0. The van der Waals surface area contributed by atoms with Crippen LogP contribution in [-0.4, -0.2) is 11.3 Å². The molecule has 1 aliphatic heterocycles. The van der Waals surface area contributed by atoms with Crippen molar-refractivity contribution in [2.24, 2.45) is 5.92 Å². The summed E-state index contributed by atoms with van der Waals surface area (Å²) in [5.74, 6) is 1.01. The van der Waals surface area contributed by atoms with Crippen LogP contribution in [0.4, 0.5) is 0 Å². The van der Waals surface area contributed by atoms with E-state index in [1.807, 2.05) is 0 Å². The van der Waals surface area contributed by atoms with Crippen LogP contribution in [0.25, 0.3) is 0 Å². The third-order valence-corrected chi connectivity index (χ3v) is 4.21. The molecule has 0 N–H and O–H groups in total. The van der Waals surface area contributed by atoms with Gasteiger partial charge in [-0.2, -0.15) is 0 Å². The third-order valence-electron chi connectivity index (χ3n) is 2.10. The largest absolute Gasteiger partial charge is 0.116 e. The Morgan fingerprint density at radius 3 is 1.43 bits per heavy atom. The van der Waals surface area contributed by atoms with Crippen molar-refractivity contribution in [3.63, 3.8) is 0 Å². The molecule has 1 aliphatic rings. The highest BCUT2D eigenvalue weighted by Gasteiger charge is 2.29. The normalized spacial score (nSPS) is 54.4. The predicted octanol–water partition coefficient (Wildman–Crippen LogP) is 2.09. The molecular weight excluding hydrogens is 103 g/mol. The lowest BCUT2D eigenvalue weighted by molar-refractivity contribution is 0.511. The quantitative estimate of drug-likeness (QED) is 0.425. The topological polar surface area (TPSA) is 0 Å². The van der Waals surface area contributed by atoms with Crippen LogP contribution >= 0.6 is 8.58 Å². The minimum absolute atomic E-state index is 1.01. The van der Waals surface area contributed by atoms with E-state index in [9.17, 15) is 0 Å². The molecule has 2 unspecified atom stereocenters. The van der Waals surface area contributed by atoms with Crippen molar-refractivity contribution >= 4 is 8.58 Å². The molecule has 0 aromatic rings. The zero-order valence-electron chi connectivity index (χ0n) is 5.23. The lowest BCUT2D eigenvalue weighted by Gasteiger charge is -2.38. The molecule has 2 atom stereocenters. The van der Waals surface area contributed by atoms with E-state index in [-0.39, 0.29) is 0 Å². The maximum atomic E-state index is 2.35. The van der Waals surface area contributed by atoms with Crippen LogP contribution in [0.2, 0.25) is 0 Å². The molecule has 0 aromatic carbocycles. The van der Waals surface area contributed by atoms with Gasteiger partial charge in [0.15, 0.2) is 0 Å². The molecule has 0 aliphatic carbocycles. The summed E-state index contributed by atoms with van der Waals surface area (Å²) < 4.78 is 0. The Bertz CT molecular complexity index is 62.6. The van der Waals surface area contributed by atoms with Crippen LogP contribution in [-0.2, 0) is 0 Å². The molecule has 0 spiro atoms. The summed E-state index contributed by atoms with van der Waals surface area (Å²) in [5.41, 5.74) is 2.07. The van der Waals surface area contributed by atoms with Crippen molar-refractivity contribution in [3.8, 4) is 0 Å². The van der Waals surface area contributed by atoms with Gasteiger partial charge in [-0.3, -0.25) is 0 Å². The van der Waals surface area contributed by atoms with Gasteiger partial charge in [0.1, 0.15) is 0 Å². The smallest absolute Gasteiger partial charge is 0.0231 e. The highest BCUT2D eigenvalue weighted by Crippen LogP contribution is 2.46. The lowest BCUT2D eigenvalue weighted by atomic mass is 10.0. The molecule has 1 saturated heterocycles. The van der Waals surface area contributed by atoms with Gasteiger partial charge in [-0.15, -0.1) is 8.58 Å². The van der Waals surface area contributed by atoms with Crippen LogP contribution in [0.5, 0.6) is 0 Å². The summed E-state index contributed by atoms with van der Waals surface area (Å²) in [4.78, 5) is 0. The first-order chi connectivity index (χ1) is 3.22. The minimum atomic E-state index is 1.01. The molecule has 1 heteroatoms. The van der Waals surface area contributed by atoms with Crippen molar-refractivity contribution in [2.45, 2.75) is 32.1 Å². The molecule has 1 fully saturated rings. The molecule has 0 nitrogen and oxygen atoms in total. The Labute approximate surface area is 47.5 Å². The highest BCUT2D eigenvalue weighted by atomic mass is 31.1. The molecule has 0 saturated carbocycles. The predicted molar refractivity (Wildman–Crippen MR) is 36.4 cm³/mol. The Morgan fingerprint density at radius 2 is 1.43 bits per heavy atom. The first-order valence-electron chi connectivity index (χ1n) is 2.98. The van der Waals surface area contributed by atoms with E-state index in [4.69, 9.17) is 0 Å². The van der Waals surface area contributed by atoms with Gasteiger partial charge in [-0.05, 0) is 17.2 Å². The summed E-state index contributed by atoms with van der Waals surface area (Å²) in [7, 11) is 1.25. The van der Waals surface area contributed by atoms with Gasteiger partial charge in [0, 0.05) is 0 Å². The van der Waals surface area contributed by atoms with Crippen molar-refractivity contribution in [3.05, 3.63) is 0 Å². The fourth-order valence-electron chi connectivity index (χ4n) is 1.03. The Kier molecular flexibility index (Phi) is 1.39. The Hall–Kier alpha value is 0.430. The van der Waals surface area contributed by atoms with Gasteiger partial charge in [0.25, 0.3) is 0 Å². The van der Waals surface area contributed by atoms with Gasteiger partial charge in [-0.1, -0.05) is 20.8 Å². The Morgan fingerprint density at radius 1 is 1.00 bits per heavy atom. The number of hydrogen-bond acceptors (Lipinski definition) is 0. The first kappa shape index (κ1) is 5.56. The molecule has 7 heavy (non-hydrogen) atoms. The summed E-state index contributed by atoms with van der Waals surface area (Å²) in [6.45, 7) is 7.05. The molecule has 0 radical (unpaired) electrons. The summed E-state index contributed by atoms with van der Waals surface area (Å²) in [5, 5.41) is 0. The van der Waals surface area contributed by atoms with Crippen molar-refractivity contribution in [1.29, 1.82) is 0 Å². The summed E-state index contributed by atoms with van der Waals surface area (Å²) in [6, 6.07) is 0. The second kappa shape index (κ2) is 1.74. The van der Waals surface area contributed by atoms with Crippen molar-refractivity contribution < 1.29 is 0 Å². The van der Waals surface area contributed by atoms with Crippen LogP contribution < -0.4 is 0 Å². The van der Waals surface area contributed by atoms with E-state index < -0.39 is 0 Å². The average molecular weight is 116 g/mol. The van der Waals surface area contributed by atoms with E-state index in [0.29, 0.717) is 0 Å². The molecule has 1 heterocycles. The molecule has 1 rings (SSSR count). The van der Waals surface area contributed by atoms with E-state index in [2.05, 4.69) is 20.8 Å². The van der Waals surface area contributed by atoms with Crippen LogP contribution in [0.15, 0.2) is 0 Å². The zero-order chi connectivity index (χ0) is 5.44. The van der Waals surface area contributed by atoms with Gasteiger partial charge in [-0.25, -0.2) is 0 Å². The molecular formula is C6H13P. The van der Waals surface area contributed by atoms with E-state index in [1.54, 1.807) is 0 Å². The first-order valence-corrected chi connectivity index (χ1v) is 4.13. The summed E-state index contributed by atoms with van der Waals surface area (Å²) in [6.07, 6.45) is 0. The molecule has 0 aromatic heterocycles. The molecule has 0 amide bonds. The minimum Gasteiger partial charge on any atom is -0.116 e. The zero-order valence-corrected chi connectivity index (χ0v) is 6.23. The van der Waals surface area contributed by atoms with Crippen molar-refractivity contribution in [1.82, 2.24) is 0 Å². The third kappa shape index (κ3) is 0.817. The van der Waals surface area contributed by atoms with Crippen LogP contribution in [0, 0.1) is 5.92 Å². The maximum absolute atomic E-state index is 2.35. The fraction of sp³-hybridized carbons (Fsp3) is 1.00. The van der Waals surface area contributed by atoms with Crippen molar-refractivity contribution in [2.75, 3.05) is 0 Å². The van der Waals surface area contributed by atoms with Gasteiger partial charge < -0.3 is 0 Å². The van der Waals surface area contributed by atoms with Gasteiger partial charge in [0.2, 0.25) is 0 Å². The van der Waals surface area contributed by atoms with Crippen LogP contribution in [0.1, 0.15) is 20.8 Å². The number of rotatable bonds is 0. The fourth-order valence-corrected chi connectivity index (χ4v) is 2.71.